The van der Waals surface area contributed by atoms with Crippen LogP contribution in [0.25, 0.3) is 11.6 Å². The summed E-state index contributed by atoms with van der Waals surface area (Å²) in [4.78, 5) is 8.73. The van der Waals surface area contributed by atoms with Crippen LogP contribution in [0.3, 0.4) is 0 Å². The summed E-state index contributed by atoms with van der Waals surface area (Å²) in [5.41, 5.74) is 0. The largest absolute Gasteiger partial charge is 0.461 e. The highest BCUT2D eigenvalue weighted by Gasteiger charge is 2.21. The molecule has 1 atom stereocenters. The average molecular weight is 300 g/mol. The zero-order valence-corrected chi connectivity index (χ0v) is 12.2. The number of aryl methyl sites for hydroxylation is 2. The van der Waals surface area contributed by atoms with E-state index in [0.29, 0.717) is 30.1 Å². The lowest BCUT2D eigenvalue weighted by molar-refractivity contribution is 0.320. The molecule has 0 spiro atoms. The molecule has 8 heteroatoms. The van der Waals surface area contributed by atoms with Gasteiger partial charge >= 0.3 is 0 Å². The molecule has 0 unspecified atom stereocenters. The van der Waals surface area contributed by atoms with E-state index >= 15 is 0 Å². The molecular formula is C14H16N6O2. The van der Waals surface area contributed by atoms with Crippen molar-refractivity contribution in [2.45, 2.75) is 38.9 Å². The Balaban J connectivity index is 1.37. The summed E-state index contributed by atoms with van der Waals surface area (Å²) >= 11 is 0. The fourth-order valence-electron chi connectivity index (χ4n) is 2.66. The molecule has 114 valence electrons. The van der Waals surface area contributed by atoms with Crippen molar-refractivity contribution in [1.82, 2.24) is 30.2 Å². The van der Waals surface area contributed by atoms with Gasteiger partial charge in [-0.1, -0.05) is 5.16 Å². The summed E-state index contributed by atoms with van der Waals surface area (Å²) in [6, 6.07) is 3.92. The molecule has 4 heterocycles. The monoisotopic (exact) mass is 300 g/mol. The predicted octanol–water partition coefficient (Wildman–Crippen LogP) is 1.33. The maximum absolute atomic E-state index is 5.24. The normalized spacial score (nSPS) is 17.6. The fourth-order valence-corrected chi connectivity index (χ4v) is 2.66. The maximum Gasteiger partial charge on any atom is 0.241 e. The molecule has 0 radical (unpaired) electrons. The van der Waals surface area contributed by atoms with Gasteiger partial charge in [0.05, 0.1) is 19.4 Å². The number of furan rings is 1. The Labute approximate surface area is 126 Å². The lowest BCUT2D eigenvalue weighted by Gasteiger charge is -2.22. The minimum Gasteiger partial charge on any atom is -0.461 e. The molecule has 0 aliphatic carbocycles. The molecule has 0 saturated heterocycles. The first kappa shape index (κ1) is 13.2. The van der Waals surface area contributed by atoms with Crippen molar-refractivity contribution in [3.63, 3.8) is 0 Å². The minimum absolute atomic E-state index is 0.326. The summed E-state index contributed by atoms with van der Waals surface area (Å²) in [5, 5.41) is 11.7. The number of nitrogens with one attached hydrogen (secondary N) is 1. The van der Waals surface area contributed by atoms with Gasteiger partial charge in [-0.3, -0.25) is 0 Å². The van der Waals surface area contributed by atoms with Crippen molar-refractivity contribution in [3.8, 4) is 11.6 Å². The van der Waals surface area contributed by atoms with Crippen LogP contribution in [0.1, 0.15) is 24.0 Å². The number of hydrogen-bond acceptors (Lipinski definition) is 7. The lowest BCUT2D eigenvalue weighted by Crippen LogP contribution is -2.37. The fraction of sp³-hybridized carbons (Fsp3) is 0.429. The second kappa shape index (κ2) is 5.38. The van der Waals surface area contributed by atoms with E-state index < -0.39 is 0 Å². The van der Waals surface area contributed by atoms with Gasteiger partial charge in [0.2, 0.25) is 11.7 Å². The molecule has 1 aliphatic rings. The summed E-state index contributed by atoms with van der Waals surface area (Å²) < 4.78 is 12.5. The zero-order valence-electron chi connectivity index (χ0n) is 12.2. The van der Waals surface area contributed by atoms with E-state index in [0.717, 1.165) is 31.0 Å². The zero-order chi connectivity index (χ0) is 14.9. The van der Waals surface area contributed by atoms with Crippen LogP contribution in [0.15, 0.2) is 27.3 Å². The van der Waals surface area contributed by atoms with Crippen molar-refractivity contribution >= 4 is 0 Å². The Kier molecular flexibility index (Phi) is 3.23. The van der Waals surface area contributed by atoms with Gasteiger partial charge in [-0.15, -0.1) is 0 Å². The van der Waals surface area contributed by atoms with Crippen LogP contribution in [-0.2, 0) is 19.5 Å². The second-order valence-electron chi connectivity index (χ2n) is 5.36. The van der Waals surface area contributed by atoms with E-state index in [-0.39, 0.29) is 0 Å². The lowest BCUT2D eigenvalue weighted by atomic mass is 10.1. The van der Waals surface area contributed by atoms with Gasteiger partial charge in [0, 0.05) is 12.5 Å². The first-order valence-corrected chi connectivity index (χ1v) is 7.28. The Morgan fingerprint density at radius 3 is 3.23 bits per heavy atom. The highest BCUT2D eigenvalue weighted by molar-refractivity contribution is 5.44. The molecule has 3 aromatic rings. The first-order valence-electron chi connectivity index (χ1n) is 7.28. The van der Waals surface area contributed by atoms with Crippen LogP contribution in [0.2, 0.25) is 0 Å². The Bertz CT molecular complexity index is 760. The average Bonchev–Trinajstić information content (AvgIpc) is 3.23. The highest BCUT2D eigenvalue weighted by atomic mass is 16.5. The van der Waals surface area contributed by atoms with E-state index in [9.17, 15) is 0 Å². The maximum atomic E-state index is 5.24. The Morgan fingerprint density at radius 2 is 2.36 bits per heavy atom. The van der Waals surface area contributed by atoms with Crippen molar-refractivity contribution in [1.29, 1.82) is 0 Å². The van der Waals surface area contributed by atoms with E-state index in [4.69, 9.17) is 8.94 Å². The van der Waals surface area contributed by atoms with Crippen LogP contribution >= 0.6 is 0 Å². The van der Waals surface area contributed by atoms with Crippen LogP contribution in [0.4, 0.5) is 0 Å². The third-order valence-electron chi connectivity index (χ3n) is 3.72. The smallest absolute Gasteiger partial charge is 0.241 e. The van der Waals surface area contributed by atoms with Gasteiger partial charge < -0.3 is 14.3 Å². The summed E-state index contributed by atoms with van der Waals surface area (Å²) in [5.74, 6) is 3.52. The van der Waals surface area contributed by atoms with Crippen molar-refractivity contribution in [3.05, 3.63) is 35.9 Å². The van der Waals surface area contributed by atoms with Crippen LogP contribution < -0.4 is 5.32 Å². The number of aromatic nitrogens is 5. The molecule has 1 N–H and O–H groups in total. The molecular weight excluding hydrogens is 284 g/mol. The van der Waals surface area contributed by atoms with Crippen molar-refractivity contribution < 1.29 is 8.94 Å². The van der Waals surface area contributed by atoms with Crippen LogP contribution in [0.5, 0.6) is 0 Å². The van der Waals surface area contributed by atoms with Gasteiger partial charge in [-0.2, -0.15) is 10.1 Å². The molecule has 3 aromatic heterocycles. The van der Waals surface area contributed by atoms with Gasteiger partial charge in [-0.25, -0.2) is 9.67 Å². The Morgan fingerprint density at radius 1 is 1.41 bits per heavy atom. The molecule has 0 aromatic carbocycles. The first-order chi connectivity index (χ1) is 10.8. The summed E-state index contributed by atoms with van der Waals surface area (Å²) in [6.45, 7) is 3.26. The quantitative estimate of drug-likeness (QED) is 0.776. The SMILES string of the molecule is Cc1nc2n(n1)C[C@H](NCc1nc(-c3ccco3)no1)CC2. The molecule has 0 amide bonds. The summed E-state index contributed by atoms with van der Waals surface area (Å²) in [6.07, 6.45) is 3.54. The van der Waals surface area contributed by atoms with Crippen LogP contribution in [-0.4, -0.2) is 30.9 Å². The molecule has 0 fully saturated rings. The third kappa shape index (κ3) is 2.52. The number of nitrogens with zero attached hydrogens (tertiary/aromatic N) is 5. The number of hydrogen-bond donors (Lipinski definition) is 1. The van der Waals surface area contributed by atoms with Gasteiger partial charge in [0.25, 0.3) is 0 Å². The van der Waals surface area contributed by atoms with Gasteiger partial charge in [0.1, 0.15) is 11.6 Å². The minimum atomic E-state index is 0.326. The topological polar surface area (TPSA) is 94.8 Å². The van der Waals surface area contributed by atoms with E-state index in [1.807, 2.05) is 11.6 Å². The van der Waals surface area contributed by atoms with Crippen LogP contribution in [0, 0.1) is 6.92 Å². The third-order valence-corrected chi connectivity index (χ3v) is 3.72. The number of rotatable bonds is 4. The van der Waals surface area contributed by atoms with E-state index in [1.54, 1.807) is 18.4 Å². The standard InChI is InChI=1S/C14H16N6O2/c1-9-16-12-5-4-10(8-20(12)18-9)15-7-13-17-14(19-22-13)11-3-2-6-21-11/h2-3,6,10,15H,4-5,7-8H2,1H3/t10-/m1/s1. The molecule has 1 aliphatic heterocycles. The predicted molar refractivity (Wildman–Crippen MR) is 75.7 cm³/mol. The molecule has 8 nitrogen and oxygen atoms in total. The van der Waals surface area contributed by atoms with Crippen molar-refractivity contribution in [2.75, 3.05) is 0 Å². The molecule has 0 saturated carbocycles. The van der Waals surface area contributed by atoms with Crippen molar-refractivity contribution in [2.24, 2.45) is 0 Å². The number of fused-ring (bicyclic) bond motifs is 1. The van der Waals surface area contributed by atoms with E-state index in [2.05, 4.69) is 25.5 Å². The highest BCUT2D eigenvalue weighted by Crippen LogP contribution is 2.16. The molecule has 22 heavy (non-hydrogen) atoms. The Hall–Kier alpha value is -2.48. The molecule has 0 bridgehead atoms. The van der Waals surface area contributed by atoms with Gasteiger partial charge in [0.15, 0.2) is 5.76 Å². The van der Waals surface area contributed by atoms with E-state index in [1.165, 1.54) is 0 Å². The van der Waals surface area contributed by atoms with Gasteiger partial charge in [-0.05, 0) is 25.5 Å². The summed E-state index contributed by atoms with van der Waals surface area (Å²) in [7, 11) is 0. The molecule has 4 rings (SSSR count). The second-order valence-corrected chi connectivity index (χ2v) is 5.36.